The van der Waals surface area contributed by atoms with Crippen molar-refractivity contribution in [2.75, 3.05) is 46.3 Å². The highest BCUT2D eigenvalue weighted by molar-refractivity contribution is 5.92. The minimum atomic E-state index is 0.0244. The quantitative estimate of drug-likeness (QED) is 0.348. The van der Waals surface area contributed by atoms with Gasteiger partial charge < -0.3 is 9.80 Å². The Hall–Kier alpha value is -4.01. The zero-order valence-corrected chi connectivity index (χ0v) is 23.2. The Kier molecular flexibility index (Phi) is 7.62. The van der Waals surface area contributed by atoms with E-state index in [0.717, 1.165) is 80.8 Å². The number of piperazine rings is 1. The zero-order valence-electron chi connectivity index (χ0n) is 23.2. The van der Waals surface area contributed by atoms with Gasteiger partial charge in [0.2, 0.25) is 5.91 Å². The van der Waals surface area contributed by atoms with E-state index in [4.69, 9.17) is 0 Å². The van der Waals surface area contributed by atoms with Crippen molar-refractivity contribution in [2.24, 2.45) is 0 Å². The highest BCUT2D eigenvalue weighted by Gasteiger charge is 2.20. The summed E-state index contributed by atoms with van der Waals surface area (Å²) in [6.45, 7) is 10.0. The number of carbonyl (C=O) groups excluding carboxylic acids is 1. The molecule has 2 fully saturated rings. The lowest BCUT2D eigenvalue weighted by atomic mass is 10.0. The van der Waals surface area contributed by atoms with E-state index in [2.05, 4.69) is 104 Å². The second kappa shape index (κ2) is 11.6. The number of fused-ring (bicyclic) bond motifs is 1. The first kappa shape index (κ1) is 26.2. The van der Waals surface area contributed by atoms with E-state index < -0.39 is 0 Å². The van der Waals surface area contributed by atoms with Crippen LogP contribution < -0.4 is 0 Å². The molecule has 0 bridgehead atoms. The third-order valence-electron chi connectivity index (χ3n) is 8.26. The largest absolute Gasteiger partial charge is 0.337 e. The van der Waals surface area contributed by atoms with Gasteiger partial charge in [-0.15, -0.1) is 0 Å². The molecule has 2 aromatic carbocycles. The van der Waals surface area contributed by atoms with Crippen LogP contribution in [0.25, 0.3) is 34.2 Å². The van der Waals surface area contributed by atoms with Gasteiger partial charge in [0.15, 0.2) is 0 Å². The van der Waals surface area contributed by atoms with Crippen molar-refractivity contribution in [1.29, 1.82) is 0 Å². The van der Waals surface area contributed by atoms with Crippen LogP contribution >= 0.6 is 0 Å². The summed E-state index contributed by atoms with van der Waals surface area (Å²) in [4.78, 5) is 18.5. The van der Waals surface area contributed by atoms with Crippen molar-refractivity contribution >= 4 is 29.0 Å². The molecular weight excluding hydrogens is 498 g/mol. The summed E-state index contributed by atoms with van der Waals surface area (Å²) in [5.41, 5.74) is 6.67. The Bertz CT molecular complexity index is 1500. The summed E-state index contributed by atoms with van der Waals surface area (Å²) in [6, 6.07) is 15.7. The monoisotopic (exact) mass is 535 g/mol. The molecule has 4 heterocycles. The lowest BCUT2D eigenvalue weighted by Gasteiger charge is -2.34. The van der Waals surface area contributed by atoms with Crippen LogP contribution in [0.3, 0.4) is 0 Å². The number of piperidine rings is 1. The number of nitrogens with one attached hydrogen (secondary N) is 1. The number of H-pyrrole nitrogens is 1. The normalized spacial score (nSPS) is 17.7. The predicted molar refractivity (Wildman–Crippen MR) is 161 cm³/mol. The SMILES string of the molecule is C=CC(=O)N1CCN(Cc2ccc(-c3ccc4[nH]nc(/C=C/c5cnn(C6CCN(C)CC6)c5)c4c3)cc2)CC1. The van der Waals surface area contributed by atoms with Crippen molar-refractivity contribution in [1.82, 2.24) is 34.7 Å². The van der Waals surface area contributed by atoms with Crippen molar-refractivity contribution in [3.8, 4) is 11.1 Å². The molecule has 0 radical (unpaired) electrons. The second-order valence-corrected chi connectivity index (χ2v) is 11.0. The van der Waals surface area contributed by atoms with Crippen LogP contribution in [0.4, 0.5) is 0 Å². The molecule has 2 aliphatic rings. The molecule has 206 valence electrons. The fraction of sp³-hybridized carbons (Fsp3) is 0.344. The van der Waals surface area contributed by atoms with Crippen LogP contribution in [0.2, 0.25) is 0 Å². The molecule has 4 aromatic rings. The van der Waals surface area contributed by atoms with E-state index in [-0.39, 0.29) is 5.91 Å². The summed E-state index contributed by atoms with van der Waals surface area (Å²) in [7, 11) is 2.18. The highest BCUT2D eigenvalue weighted by Crippen LogP contribution is 2.27. The molecule has 2 saturated heterocycles. The number of benzene rings is 2. The summed E-state index contributed by atoms with van der Waals surface area (Å²) >= 11 is 0. The van der Waals surface area contributed by atoms with E-state index >= 15 is 0 Å². The summed E-state index contributed by atoms with van der Waals surface area (Å²) in [5, 5.41) is 13.5. The van der Waals surface area contributed by atoms with Gasteiger partial charge in [0.1, 0.15) is 0 Å². The molecule has 1 amide bonds. The van der Waals surface area contributed by atoms with Gasteiger partial charge in [-0.1, -0.05) is 36.9 Å². The lowest BCUT2D eigenvalue weighted by molar-refractivity contribution is -0.127. The fourth-order valence-electron chi connectivity index (χ4n) is 5.73. The molecule has 8 nitrogen and oxygen atoms in total. The minimum Gasteiger partial charge on any atom is -0.337 e. The average molecular weight is 536 g/mol. The highest BCUT2D eigenvalue weighted by atomic mass is 16.2. The number of likely N-dealkylation sites (tertiary alicyclic amines) is 1. The molecule has 2 aliphatic heterocycles. The standard InChI is InChI=1S/C32H37N7O/c1-3-32(40)38-18-16-37(17-19-38)22-24-4-7-26(8-5-24)27-9-11-31-29(20-27)30(34-35-31)10-6-25-21-33-39(23-25)28-12-14-36(2)15-13-28/h3-11,20-21,23,28H,1,12-19,22H2,2H3,(H,34,35)/b10-6+. The Morgan fingerprint density at radius 3 is 2.50 bits per heavy atom. The van der Waals surface area contributed by atoms with E-state index in [1.54, 1.807) is 0 Å². The first-order valence-electron chi connectivity index (χ1n) is 14.2. The van der Waals surface area contributed by atoms with E-state index in [1.807, 2.05) is 11.1 Å². The molecule has 6 rings (SSSR count). The molecule has 0 spiro atoms. The Labute approximate surface area is 235 Å². The topological polar surface area (TPSA) is 73.3 Å². The van der Waals surface area contributed by atoms with Crippen LogP contribution in [0.5, 0.6) is 0 Å². The van der Waals surface area contributed by atoms with Gasteiger partial charge in [-0.25, -0.2) is 0 Å². The predicted octanol–water partition coefficient (Wildman–Crippen LogP) is 4.69. The Morgan fingerprint density at radius 1 is 1.00 bits per heavy atom. The van der Waals surface area contributed by atoms with Gasteiger partial charge in [-0.3, -0.25) is 19.5 Å². The zero-order chi connectivity index (χ0) is 27.5. The number of nitrogens with zero attached hydrogens (tertiary/aromatic N) is 6. The van der Waals surface area contributed by atoms with E-state index in [0.29, 0.717) is 6.04 Å². The number of hydrogen-bond acceptors (Lipinski definition) is 5. The van der Waals surface area contributed by atoms with Crippen molar-refractivity contribution in [3.05, 3.63) is 84.3 Å². The average Bonchev–Trinajstić information content (AvgIpc) is 3.64. The molecule has 0 unspecified atom stereocenters. The number of hydrogen-bond donors (Lipinski definition) is 1. The first-order chi connectivity index (χ1) is 19.6. The van der Waals surface area contributed by atoms with Gasteiger partial charge in [-0.2, -0.15) is 10.2 Å². The second-order valence-electron chi connectivity index (χ2n) is 11.0. The number of aromatic amines is 1. The summed E-state index contributed by atoms with van der Waals surface area (Å²) in [5.74, 6) is 0.0244. The van der Waals surface area contributed by atoms with Gasteiger partial charge in [0.05, 0.1) is 23.4 Å². The fourth-order valence-corrected chi connectivity index (χ4v) is 5.73. The van der Waals surface area contributed by atoms with Crippen molar-refractivity contribution in [3.63, 3.8) is 0 Å². The van der Waals surface area contributed by atoms with Crippen LogP contribution in [0.15, 0.2) is 67.5 Å². The Balaban J connectivity index is 1.11. The summed E-state index contributed by atoms with van der Waals surface area (Å²) < 4.78 is 2.13. The van der Waals surface area contributed by atoms with Crippen LogP contribution in [0.1, 0.15) is 35.7 Å². The molecule has 0 saturated carbocycles. The maximum absolute atomic E-state index is 11.8. The third kappa shape index (κ3) is 5.78. The molecule has 0 aliphatic carbocycles. The number of aromatic nitrogens is 4. The number of carbonyl (C=O) groups is 1. The summed E-state index contributed by atoms with van der Waals surface area (Å²) in [6.07, 6.45) is 12.0. The molecule has 8 heteroatoms. The van der Waals surface area contributed by atoms with Gasteiger partial charge in [-0.05, 0) is 80.0 Å². The van der Waals surface area contributed by atoms with Gasteiger partial charge >= 0.3 is 0 Å². The molecule has 1 N–H and O–H groups in total. The van der Waals surface area contributed by atoms with Gasteiger partial charge in [0, 0.05) is 49.9 Å². The maximum atomic E-state index is 11.8. The molecule has 40 heavy (non-hydrogen) atoms. The van der Waals surface area contributed by atoms with E-state index in [1.165, 1.54) is 22.8 Å². The van der Waals surface area contributed by atoms with E-state index in [9.17, 15) is 4.79 Å². The maximum Gasteiger partial charge on any atom is 0.246 e. The number of amides is 1. The van der Waals surface area contributed by atoms with Crippen molar-refractivity contribution in [2.45, 2.75) is 25.4 Å². The van der Waals surface area contributed by atoms with Gasteiger partial charge in [0.25, 0.3) is 0 Å². The number of rotatable bonds is 7. The van der Waals surface area contributed by atoms with Crippen molar-refractivity contribution < 1.29 is 4.79 Å². The van der Waals surface area contributed by atoms with Crippen LogP contribution in [-0.4, -0.2) is 86.9 Å². The first-order valence-corrected chi connectivity index (χ1v) is 14.2. The third-order valence-corrected chi connectivity index (χ3v) is 8.26. The smallest absolute Gasteiger partial charge is 0.246 e. The van der Waals surface area contributed by atoms with Crippen LogP contribution in [0, 0.1) is 0 Å². The van der Waals surface area contributed by atoms with Crippen LogP contribution in [-0.2, 0) is 11.3 Å². The molecular formula is C32H37N7O. The Morgan fingerprint density at radius 2 is 1.75 bits per heavy atom. The molecule has 2 aromatic heterocycles. The minimum absolute atomic E-state index is 0.0244. The molecule has 0 atom stereocenters. The lowest BCUT2D eigenvalue weighted by Crippen LogP contribution is -2.47.